The maximum absolute atomic E-state index is 10.4. The van der Waals surface area contributed by atoms with Crippen molar-refractivity contribution in [3.63, 3.8) is 0 Å². The van der Waals surface area contributed by atoms with Crippen LogP contribution in [0.5, 0.6) is 0 Å². The fourth-order valence-corrected chi connectivity index (χ4v) is 0.316. The predicted molar refractivity (Wildman–Crippen MR) is 30.0 cm³/mol. The Kier molecular flexibility index (Phi) is 4.38. The molecule has 0 atom stereocenters. The molecule has 0 radical (unpaired) electrons. The van der Waals surface area contributed by atoms with Crippen LogP contribution in [0.25, 0.3) is 0 Å². The summed E-state index contributed by atoms with van der Waals surface area (Å²) in [5, 5.41) is 0. The Morgan fingerprint density at radius 1 is 1.40 bits per heavy atom. The van der Waals surface area contributed by atoms with Gasteiger partial charge in [-0.1, -0.05) is 4.99 Å². The second-order valence-corrected chi connectivity index (χ2v) is 1.47. The van der Waals surface area contributed by atoms with Gasteiger partial charge in [-0.15, -0.1) is 0 Å². The molecule has 0 aromatic rings. The van der Waals surface area contributed by atoms with Crippen molar-refractivity contribution in [2.75, 3.05) is 6.54 Å². The Labute approximate surface area is 56.9 Å². The molecule has 6 heteroatoms. The molecule has 4 N–H and O–H groups in total. The van der Waals surface area contributed by atoms with Gasteiger partial charge in [-0.3, -0.25) is 9.68 Å². The molecule has 0 heterocycles. The van der Waals surface area contributed by atoms with Crippen molar-refractivity contribution < 1.29 is 19.5 Å². The number of carbonyl (C=O) groups excluding carboxylic acids is 2. The van der Waals surface area contributed by atoms with Crippen molar-refractivity contribution in [3.8, 4) is 0 Å². The molecule has 0 unspecified atom stereocenters. The summed E-state index contributed by atoms with van der Waals surface area (Å²) < 4.78 is 0. The molecule has 0 aromatic carbocycles. The summed E-state index contributed by atoms with van der Waals surface area (Å²) in [6.45, 7) is -0.195. The van der Waals surface area contributed by atoms with Gasteiger partial charge in [0.15, 0.2) is 5.78 Å². The summed E-state index contributed by atoms with van der Waals surface area (Å²) in [5.41, 5.74) is 4.89. The minimum Gasteiger partial charge on any atom is -0.324 e. The third kappa shape index (κ3) is 3.96. The fourth-order valence-electron chi connectivity index (χ4n) is 0.316. The number of Topliss-reactive ketones (excluding diaryl/α,β-unsaturated/α-hetero) is 1. The molecule has 0 spiro atoms. The van der Waals surface area contributed by atoms with E-state index < -0.39 is 18.2 Å². The van der Waals surface area contributed by atoms with E-state index in [0.717, 1.165) is 0 Å². The van der Waals surface area contributed by atoms with Crippen molar-refractivity contribution in [2.45, 2.75) is 6.42 Å². The summed E-state index contributed by atoms with van der Waals surface area (Å²) in [5.74, 6) is 3.08. The summed E-state index contributed by atoms with van der Waals surface area (Å²) in [7, 11) is 0. The smallest absolute Gasteiger partial charge is 0.324 e. The zero-order chi connectivity index (χ0) is 7.98. The van der Waals surface area contributed by atoms with E-state index in [1.54, 1.807) is 0 Å². The van der Waals surface area contributed by atoms with Crippen LogP contribution in [0.4, 0.5) is 0 Å². The van der Waals surface area contributed by atoms with Gasteiger partial charge in [0.05, 0.1) is 6.54 Å². The lowest BCUT2D eigenvalue weighted by atomic mass is 10.3. The van der Waals surface area contributed by atoms with Gasteiger partial charge in [-0.05, 0) is 0 Å². The van der Waals surface area contributed by atoms with Gasteiger partial charge in [0.2, 0.25) is 0 Å². The van der Waals surface area contributed by atoms with Gasteiger partial charge in [0.1, 0.15) is 6.42 Å². The van der Waals surface area contributed by atoms with Crippen LogP contribution in [0.1, 0.15) is 6.42 Å². The molecule has 0 aliphatic rings. The largest absolute Gasteiger partial charge is 0.351 e. The molecule has 0 saturated carbocycles. The number of hydrogen-bond donors (Lipinski definition) is 2. The van der Waals surface area contributed by atoms with Crippen LogP contribution in [0.3, 0.4) is 0 Å². The van der Waals surface area contributed by atoms with Gasteiger partial charge in [-0.25, -0.2) is 4.79 Å². The second kappa shape index (κ2) is 4.86. The molecule has 58 valence electrons. The van der Waals surface area contributed by atoms with Gasteiger partial charge in [-0.2, -0.15) is 5.90 Å². The molecule has 0 aliphatic heterocycles. The number of nitrogens with two attached hydrogens (primary N) is 2. The van der Waals surface area contributed by atoms with Gasteiger partial charge < -0.3 is 5.73 Å². The molecule has 0 amide bonds. The molecular formula is C4H8N2O4. The molecule has 0 saturated heterocycles. The highest BCUT2D eigenvalue weighted by Crippen LogP contribution is 1.85. The second-order valence-electron chi connectivity index (χ2n) is 1.47. The Hall–Kier alpha value is -0.980. The third-order valence-corrected chi connectivity index (χ3v) is 0.710. The van der Waals surface area contributed by atoms with E-state index in [0.29, 0.717) is 0 Å². The fraction of sp³-hybridized carbons (Fsp3) is 0.500. The number of ketones is 1. The molecular weight excluding hydrogens is 140 g/mol. The highest BCUT2D eigenvalue weighted by molar-refractivity contribution is 5.96. The zero-order valence-electron chi connectivity index (χ0n) is 5.20. The summed E-state index contributed by atoms with van der Waals surface area (Å²) in [6, 6.07) is 0. The van der Waals surface area contributed by atoms with E-state index in [4.69, 9.17) is 5.73 Å². The summed E-state index contributed by atoms with van der Waals surface area (Å²) >= 11 is 0. The highest BCUT2D eigenvalue weighted by Gasteiger charge is 2.08. The predicted octanol–water partition coefficient (Wildman–Crippen LogP) is -1.75. The molecule has 0 aliphatic carbocycles. The minimum absolute atomic E-state index is 0.195. The maximum Gasteiger partial charge on any atom is 0.351 e. The lowest BCUT2D eigenvalue weighted by Gasteiger charge is -1.95. The Balaban J connectivity index is 3.47. The Morgan fingerprint density at radius 3 is 2.40 bits per heavy atom. The first-order chi connectivity index (χ1) is 4.70. The van der Waals surface area contributed by atoms with E-state index >= 15 is 0 Å². The van der Waals surface area contributed by atoms with Crippen molar-refractivity contribution in [3.05, 3.63) is 0 Å². The van der Waals surface area contributed by atoms with E-state index in [2.05, 4.69) is 15.8 Å². The summed E-state index contributed by atoms with van der Waals surface area (Å²) in [6.07, 6.45) is -0.409. The quantitative estimate of drug-likeness (QED) is 0.278. The van der Waals surface area contributed by atoms with Crippen molar-refractivity contribution >= 4 is 11.8 Å². The van der Waals surface area contributed by atoms with Crippen LogP contribution >= 0.6 is 0 Å². The van der Waals surface area contributed by atoms with E-state index in [-0.39, 0.29) is 6.54 Å². The minimum atomic E-state index is -0.849. The van der Waals surface area contributed by atoms with Crippen LogP contribution in [-0.2, 0) is 19.5 Å². The first-order valence-corrected chi connectivity index (χ1v) is 2.48. The molecule has 0 bridgehead atoms. The monoisotopic (exact) mass is 148 g/mol. The van der Waals surface area contributed by atoms with Crippen molar-refractivity contribution in [2.24, 2.45) is 11.6 Å². The number of rotatable bonds is 4. The van der Waals surface area contributed by atoms with Crippen LogP contribution in [0.2, 0.25) is 0 Å². The van der Waals surface area contributed by atoms with Crippen LogP contribution in [0.15, 0.2) is 0 Å². The maximum atomic E-state index is 10.4. The van der Waals surface area contributed by atoms with Gasteiger partial charge >= 0.3 is 5.97 Å². The van der Waals surface area contributed by atoms with Gasteiger partial charge in [0, 0.05) is 0 Å². The molecule has 6 nitrogen and oxygen atoms in total. The topological polar surface area (TPSA) is 105 Å². The Bertz CT molecular complexity index is 135. The molecule has 10 heavy (non-hydrogen) atoms. The number of hydrogen-bond acceptors (Lipinski definition) is 6. The normalized spacial score (nSPS) is 9.00. The van der Waals surface area contributed by atoms with Crippen molar-refractivity contribution in [1.29, 1.82) is 0 Å². The standard InChI is InChI=1S/C4H8N2O4/c5-2-3(7)1-4(8)9-10-6/h1-2,5-6H2. The first kappa shape index (κ1) is 9.02. The van der Waals surface area contributed by atoms with Crippen LogP contribution < -0.4 is 11.6 Å². The average Bonchev–Trinajstić information content (AvgIpc) is 1.88. The van der Waals surface area contributed by atoms with E-state index in [1.165, 1.54) is 0 Å². The van der Waals surface area contributed by atoms with E-state index in [1.807, 2.05) is 0 Å². The summed E-state index contributed by atoms with van der Waals surface area (Å²) in [4.78, 5) is 28.0. The lowest BCUT2D eigenvalue weighted by molar-refractivity contribution is -0.275. The molecule has 0 fully saturated rings. The van der Waals surface area contributed by atoms with Crippen LogP contribution in [0, 0.1) is 0 Å². The molecule has 0 rings (SSSR count). The Morgan fingerprint density at radius 2 is 2.00 bits per heavy atom. The van der Waals surface area contributed by atoms with E-state index in [9.17, 15) is 9.59 Å². The van der Waals surface area contributed by atoms with Crippen molar-refractivity contribution in [1.82, 2.24) is 0 Å². The first-order valence-electron chi connectivity index (χ1n) is 2.48. The third-order valence-electron chi connectivity index (χ3n) is 0.710. The highest BCUT2D eigenvalue weighted by atomic mass is 17.3. The SMILES string of the molecule is NCC(=O)CC(=O)OON. The van der Waals surface area contributed by atoms with Crippen LogP contribution in [-0.4, -0.2) is 18.3 Å². The molecule has 0 aromatic heterocycles. The number of carbonyl (C=O) groups is 2. The zero-order valence-corrected chi connectivity index (χ0v) is 5.20. The lowest BCUT2D eigenvalue weighted by Crippen LogP contribution is -2.19. The average molecular weight is 148 g/mol. The van der Waals surface area contributed by atoms with Gasteiger partial charge in [0.25, 0.3) is 0 Å².